The van der Waals surface area contributed by atoms with Gasteiger partial charge >= 0.3 is 0 Å². The molecule has 3 aromatic heterocycles. The van der Waals surface area contributed by atoms with Crippen LogP contribution < -0.4 is 0 Å². The molecule has 0 radical (unpaired) electrons. The molecule has 0 spiro atoms. The van der Waals surface area contributed by atoms with Crippen molar-refractivity contribution in [1.82, 2.24) is 9.13 Å². The van der Waals surface area contributed by atoms with Gasteiger partial charge < -0.3 is 13.6 Å². The number of rotatable bonds is 4. The highest BCUT2D eigenvalue weighted by Gasteiger charge is 2.17. The van der Waals surface area contributed by atoms with Crippen LogP contribution in [0.1, 0.15) is 30.9 Å². The van der Waals surface area contributed by atoms with Gasteiger partial charge in [0.2, 0.25) is 0 Å². The highest BCUT2D eigenvalue weighted by atomic mass is 16.3. The zero-order valence-corrected chi connectivity index (χ0v) is 27.7. The van der Waals surface area contributed by atoms with Crippen LogP contribution in [0.4, 0.5) is 0 Å². The molecule has 49 heavy (non-hydrogen) atoms. The molecule has 10 aromatic rings. The van der Waals surface area contributed by atoms with E-state index in [0.29, 0.717) is 5.92 Å². The molecule has 3 heterocycles. The third-order valence-electron chi connectivity index (χ3n) is 10.3. The standard InChI is InChI=1S/C46H34N2O/c1-28(2)31-23-32(25-34(24-31)48-41-13-7-4-10-35(41)36-11-5-8-14-42(36)48)30-17-20-45-39(26-30)40-27-33(18-21-46(40)49-45)47-43-15-9-6-12-37(43)38-22-29(3)16-19-44(38)47/h4-28H,1-3H3. The first-order valence-electron chi connectivity index (χ1n) is 17.1. The van der Waals surface area contributed by atoms with Gasteiger partial charge in [-0.3, -0.25) is 0 Å². The molecule has 0 bridgehead atoms. The van der Waals surface area contributed by atoms with Gasteiger partial charge in [0, 0.05) is 43.7 Å². The van der Waals surface area contributed by atoms with Crippen LogP contribution in [0.2, 0.25) is 0 Å². The molecule has 234 valence electrons. The summed E-state index contributed by atoms with van der Waals surface area (Å²) < 4.78 is 11.2. The zero-order chi connectivity index (χ0) is 32.8. The second-order valence-electron chi connectivity index (χ2n) is 13.7. The second kappa shape index (κ2) is 10.5. The lowest BCUT2D eigenvalue weighted by Gasteiger charge is -2.15. The van der Waals surface area contributed by atoms with Crippen LogP contribution in [0.5, 0.6) is 0 Å². The maximum absolute atomic E-state index is 6.43. The fourth-order valence-corrected chi connectivity index (χ4v) is 7.91. The fraction of sp³-hybridized carbons (Fsp3) is 0.0870. The largest absolute Gasteiger partial charge is 0.456 e. The summed E-state index contributed by atoms with van der Waals surface area (Å²) in [5.41, 5.74) is 13.9. The molecular formula is C46H34N2O. The van der Waals surface area contributed by atoms with Crippen LogP contribution in [0.3, 0.4) is 0 Å². The molecule has 0 atom stereocenters. The Balaban J connectivity index is 1.18. The molecule has 0 amide bonds. The lowest BCUT2D eigenvalue weighted by Crippen LogP contribution is -1.98. The van der Waals surface area contributed by atoms with Crippen molar-refractivity contribution in [3.05, 3.63) is 157 Å². The second-order valence-corrected chi connectivity index (χ2v) is 13.7. The van der Waals surface area contributed by atoms with Crippen molar-refractivity contribution in [2.45, 2.75) is 26.7 Å². The summed E-state index contributed by atoms with van der Waals surface area (Å²) in [6, 6.07) is 53.2. The van der Waals surface area contributed by atoms with Crippen LogP contribution in [0, 0.1) is 6.92 Å². The third kappa shape index (κ3) is 4.22. The number of nitrogens with zero attached hydrogens (tertiary/aromatic N) is 2. The van der Waals surface area contributed by atoms with Crippen molar-refractivity contribution in [1.29, 1.82) is 0 Å². The summed E-state index contributed by atoms with van der Waals surface area (Å²) in [6.45, 7) is 6.72. The summed E-state index contributed by atoms with van der Waals surface area (Å²) >= 11 is 0. The predicted molar refractivity (Wildman–Crippen MR) is 207 cm³/mol. The van der Waals surface area contributed by atoms with Gasteiger partial charge in [0.05, 0.1) is 22.1 Å². The van der Waals surface area contributed by atoms with E-state index in [2.05, 4.69) is 175 Å². The van der Waals surface area contributed by atoms with E-state index in [4.69, 9.17) is 4.42 Å². The number of hydrogen-bond donors (Lipinski definition) is 0. The Bertz CT molecular complexity index is 2880. The predicted octanol–water partition coefficient (Wildman–Crippen LogP) is 12.9. The molecule has 0 aliphatic carbocycles. The minimum absolute atomic E-state index is 0.378. The summed E-state index contributed by atoms with van der Waals surface area (Å²) in [7, 11) is 0. The van der Waals surface area contributed by atoms with Crippen molar-refractivity contribution >= 4 is 65.6 Å². The molecule has 7 aromatic carbocycles. The minimum Gasteiger partial charge on any atom is -0.456 e. The number of fused-ring (bicyclic) bond motifs is 9. The monoisotopic (exact) mass is 630 g/mol. The topological polar surface area (TPSA) is 23.0 Å². The summed E-state index contributed by atoms with van der Waals surface area (Å²) in [5, 5.41) is 7.34. The number of aromatic nitrogens is 2. The van der Waals surface area contributed by atoms with Crippen molar-refractivity contribution in [2.24, 2.45) is 0 Å². The zero-order valence-electron chi connectivity index (χ0n) is 27.7. The highest BCUT2D eigenvalue weighted by Crippen LogP contribution is 2.39. The van der Waals surface area contributed by atoms with Gasteiger partial charge in [0.1, 0.15) is 11.2 Å². The van der Waals surface area contributed by atoms with Crippen LogP contribution in [0.25, 0.3) is 88.1 Å². The van der Waals surface area contributed by atoms with E-state index in [9.17, 15) is 0 Å². The molecule has 0 unspecified atom stereocenters. The van der Waals surface area contributed by atoms with Gasteiger partial charge in [-0.2, -0.15) is 0 Å². The average Bonchev–Trinajstić information content (AvgIpc) is 3.78. The van der Waals surface area contributed by atoms with Gasteiger partial charge in [-0.25, -0.2) is 0 Å². The first-order chi connectivity index (χ1) is 24.0. The van der Waals surface area contributed by atoms with Crippen LogP contribution in [-0.4, -0.2) is 9.13 Å². The fourth-order valence-electron chi connectivity index (χ4n) is 7.91. The SMILES string of the molecule is Cc1ccc2c(c1)c1ccccc1n2-c1ccc2oc3ccc(-c4cc(C(C)C)cc(-n5c6ccccc6c6ccccc65)c4)cc3c2c1. The smallest absolute Gasteiger partial charge is 0.135 e. The maximum Gasteiger partial charge on any atom is 0.135 e. The summed E-state index contributed by atoms with van der Waals surface area (Å²) in [5.74, 6) is 0.378. The van der Waals surface area contributed by atoms with Crippen molar-refractivity contribution in [3.8, 4) is 22.5 Å². The first-order valence-corrected chi connectivity index (χ1v) is 17.1. The molecule has 3 heteroatoms. The lowest BCUT2D eigenvalue weighted by molar-refractivity contribution is 0.669. The van der Waals surface area contributed by atoms with E-state index in [0.717, 1.165) is 27.6 Å². The van der Waals surface area contributed by atoms with E-state index in [1.807, 2.05) is 0 Å². The average molecular weight is 631 g/mol. The Morgan fingerprint density at radius 3 is 1.67 bits per heavy atom. The van der Waals surface area contributed by atoms with Gasteiger partial charge in [-0.1, -0.05) is 92.2 Å². The van der Waals surface area contributed by atoms with Crippen LogP contribution in [-0.2, 0) is 0 Å². The molecule has 0 aliphatic rings. The molecule has 10 rings (SSSR count). The molecule has 0 fully saturated rings. The Hall–Kier alpha value is -6.06. The Kier molecular flexibility index (Phi) is 5.98. The quantitative estimate of drug-likeness (QED) is 0.190. The maximum atomic E-state index is 6.43. The van der Waals surface area contributed by atoms with Crippen molar-refractivity contribution in [2.75, 3.05) is 0 Å². The van der Waals surface area contributed by atoms with Crippen LogP contribution >= 0.6 is 0 Å². The van der Waals surface area contributed by atoms with Gasteiger partial charge in [0.15, 0.2) is 0 Å². The van der Waals surface area contributed by atoms with Crippen LogP contribution in [0.15, 0.2) is 150 Å². The van der Waals surface area contributed by atoms with E-state index >= 15 is 0 Å². The van der Waals surface area contributed by atoms with Gasteiger partial charge in [-0.05, 0) is 102 Å². The van der Waals surface area contributed by atoms with E-state index in [-0.39, 0.29) is 0 Å². The molecule has 0 N–H and O–H groups in total. The molecule has 3 nitrogen and oxygen atoms in total. The van der Waals surface area contributed by atoms with E-state index in [1.54, 1.807) is 0 Å². The minimum atomic E-state index is 0.378. The lowest BCUT2D eigenvalue weighted by atomic mass is 9.95. The Morgan fingerprint density at radius 2 is 1.00 bits per heavy atom. The third-order valence-corrected chi connectivity index (χ3v) is 10.3. The Morgan fingerprint density at radius 1 is 0.429 bits per heavy atom. The van der Waals surface area contributed by atoms with Gasteiger partial charge in [-0.15, -0.1) is 0 Å². The molecule has 0 saturated heterocycles. The number of aryl methyl sites for hydroxylation is 1. The van der Waals surface area contributed by atoms with Crippen molar-refractivity contribution in [3.63, 3.8) is 0 Å². The van der Waals surface area contributed by atoms with Gasteiger partial charge in [0.25, 0.3) is 0 Å². The molecule has 0 saturated carbocycles. The van der Waals surface area contributed by atoms with Crippen molar-refractivity contribution < 1.29 is 4.42 Å². The summed E-state index contributed by atoms with van der Waals surface area (Å²) in [6.07, 6.45) is 0. The summed E-state index contributed by atoms with van der Waals surface area (Å²) in [4.78, 5) is 0. The van der Waals surface area contributed by atoms with E-state index < -0.39 is 0 Å². The van der Waals surface area contributed by atoms with E-state index in [1.165, 1.54) is 71.6 Å². The number of furan rings is 1. The molecular weight excluding hydrogens is 597 g/mol. The number of benzene rings is 7. The normalized spacial score (nSPS) is 12.2. The molecule has 0 aliphatic heterocycles. The number of hydrogen-bond acceptors (Lipinski definition) is 1. The number of para-hydroxylation sites is 3. The Labute approximate surface area is 284 Å². The first kappa shape index (κ1) is 28.0. The highest BCUT2D eigenvalue weighted by molar-refractivity contribution is 6.12.